The normalized spacial score (nSPS) is 29.1. The Morgan fingerprint density at radius 3 is 3.05 bits per heavy atom. The zero-order chi connectivity index (χ0) is 15.8. The van der Waals surface area contributed by atoms with E-state index in [1.165, 1.54) is 5.56 Å². The lowest BCUT2D eigenvalue weighted by Crippen LogP contribution is -2.43. The van der Waals surface area contributed by atoms with Crippen molar-refractivity contribution in [2.24, 2.45) is 18.4 Å². The number of nitrogens with zero attached hydrogens (tertiary/aromatic N) is 3. The first-order valence-corrected chi connectivity index (χ1v) is 9.33. The van der Waals surface area contributed by atoms with Crippen LogP contribution in [0, 0.1) is 11.3 Å². The highest BCUT2D eigenvalue weighted by Gasteiger charge is 2.50. The molecule has 0 radical (unpaired) electrons. The molecule has 2 aliphatic heterocycles. The molecule has 0 saturated carbocycles. The summed E-state index contributed by atoms with van der Waals surface area (Å²) in [5.74, 6) is 0.511. The van der Waals surface area contributed by atoms with E-state index in [0.29, 0.717) is 19.1 Å². The maximum absolute atomic E-state index is 11.7. The van der Waals surface area contributed by atoms with Crippen molar-refractivity contribution in [3.63, 3.8) is 0 Å². The Labute approximate surface area is 131 Å². The standard InChI is InChI=1S/C14H24N4O3S/c1-3-22(19,20)16-9-14-10-18(7-13(14)8-21-11-14)6-12-4-15-17(2)5-12/h4-5,13,16H,3,6-11H2,1-2H3/t13-,14+/m1/s1. The number of hydrogen-bond acceptors (Lipinski definition) is 5. The zero-order valence-corrected chi connectivity index (χ0v) is 14.0. The summed E-state index contributed by atoms with van der Waals surface area (Å²) in [5, 5.41) is 4.20. The summed E-state index contributed by atoms with van der Waals surface area (Å²) in [4.78, 5) is 2.38. The van der Waals surface area contributed by atoms with Gasteiger partial charge in [-0.1, -0.05) is 0 Å². The first kappa shape index (κ1) is 15.9. The SMILES string of the molecule is CCS(=O)(=O)NC[C@]12COC[C@H]1CN(Cc1cnn(C)c1)C2. The van der Waals surface area contributed by atoms with Gasteiger partial charge in [-0.3, -0.25) is 9.58 Å². The third-order valence-electron chi connectivity index (χ3n) is 4.78. The molecule has 0 bridgehead atoms. The lowest BCUT2D eigenvalue weighted by Gasteiger charge is -2.27. The van der Waals surface area contributed by atoms with Gasteiger partial charge in [-0.15, -0.1) is 0 Å². The van der Waals surface area contributed by atoms with Crippen LogP contribution in [-0.4, -0.2) is 61.7 Å². The van der Waals surface area contributed by atoms with Gasteiger partial charge in [0.2, 0.25) is 10.0 Å². The van der Waals surface area contributed by atoms with E-state index in [0.717, 1.165) is 26.2 Å². The fourth-order valence-corrected chi connectivity index (χ4v) is 4.19. The first-order valence-electron chi connectivity index (χ1n) is 7.67. The van der Waals surface area contributed by atoms with E-state index < -0.39 is 10.0 Å². The molecule has 124 valence electrons. The number of rotatable bonds is 6. The quantitative estimate of drug-likeness (QED) is 0.783. The van der Waals surface area contributed by atoms with Crippen molar-refractivity contribution < 1.29 is 13.2 Å². The van der Waals surface area contributed by atoms with Crippen LogP contribution < -0.4 is 4.72 Å². The molecular weight excluding hydrogens is 304 g/mol. The molecule has 8 heteroatoms. The topological polar surface area (TPSA) is 76.5 Å². The fraction of sp³-hybridized carbons (Fsp3) is 0.786. The van der Waals surface area contributed by atoms with E-state index in [1.54, 1.807) is 11.6 Å². The van der Waals surface area contributed by atoms with Crippen LogP contribution in [0.2, 0.25) is 0 Å². The van der Waals surface area contributed by atoms with Gasteiger partial charge in [0.05, 0.1) is 25.2 Å². The molecular formula is C14H24N4O3S. The highest BCUT2D eigenvalue weighted by molar-refractivity contribution is 7.89. The number of fused-ring (bicyclic) bond motifs is 1. The van der Waals surface area contributed by atoms with Crippen molar-refractivity contribution in [1.29, 1.82) is 0 Å². The van der Waals surface area contributed by atoms with Crippen molar-refractivity contribution in [3.05, 3.63) is 18.0 Å². The smallest absolute Gasteiger partial charge is 0.211 e. The Hall–Kier alpha value is -0.960. The molecule has 2 aliphatic rings. The minimum absolute atomic E-state index is 0.0928. The van der Waals surface area contributed by atoms with Crippen molar-refractivity contribution in [1.82, 2.24) is 19.4 Å². The zero-order valence-electron chi connectivity index (χ0n) is 13.2. The van der Waals surface area contributed by atoms with Crippen LogP contribution in [0.5, 0.6) is 0 Å². The van der Waals surface area contributed by atoms with Crippen molar-refractivity contribution in [2.45, 2.75) is 13.5 Å². The molecule has 1 N–H and O–H groups in total. The van der Waals surface area contributed by atoms with E-state index >= 15 is 0 Å². The number of nitrogens with one attached hydrogen (secondary N) is 1. The molecule has 2 fully saturated rings. The molecule has 7 nitrogen and oxygen atoms in total. The molecule has 1 aromatic heterocycles. The van der Waals surface area contributed by atoms with Gasteiger partial charge in [0.1, 0.15) is 0 Å². The van der Waals surface area contributed by atoms with Gasteiger partial charge < -0.3 is 4.74 Å². The molecule has 0 amide bonds. The highest BCUT2D eigenvalue weighted by atomic mass is 32.2. The number of ether oxygens (including phenoxy) is 1. The molecule has 0 spiro atoms. The van der Waals surface area contributed by atoms with Crippen molar-refractivity contribution >= 4 is 10.0 Å². The van der Waals surface area contributed by atoms with E-state index in [-0.39, 0.29) is 11.2 Å². The molecule has 1 aromatic rings. The van der Waals surface area contributed by atoms with Gasteiger partial charge in [-0.25, -0.2) is 13.1 Å². The number of sulfonamides is 1. The van der Waals surface area contributed by atoms with E-state index in [4.69, 9.17) is 4.74 Å². The summed E-state index contributed by atoms with van der Waals surface area (Å²) in [6.45, 7) is 6.14. The molecule has 2 saturated heterocycles. The predicted octanol–water partition coefficient (Wildman–Crippen LogP) is -0.192. The molecule has 3 heterocycles. The summed E-state index contributed by atoms with van der Waals surface area (Å²) in [6, 6.07) is 0. The summed E-state index contributed by atoms with van der Waals surface area (Å²) >= 11 is 0. The number of likely N-dealkylation sites (tertiary alicyclic amines) is 1. The summed E-state index contributed by atoms with van der Waals surface area (Å²) < 4.78 is 33.7. The predicted molar refractivity (Wildman–Crippen MR) is 82.7 cm³/mol. The van der Waals surface area contributed by atoms with Crippen LogP contribution >= 0.6 is 0 Å². The number of aromatic nitrogens is 2. The van der Waals surface area contributed by atoms with Crippen LogP contribution in [0.4, 0.5) is 0 Å². The van der Waals surface area contributed by atoms with E-state index in [2.05, 4.69) is 14.7 Å². The van der Waals surface area contributed by atoms with Gasteiger partial charge in [-0.05, 0) is 6.92 Å². The Kier molecular flexibility index (Phi) is 4.28. The molecule has 0 aliphatic carbocycles. The molecule has 0 unspecified atom stereocenters. The lowest BCUT2D eigenvalue weighted by atomic mass is 9.81. The van der Waals surface area contributed by atoms with Crippen molar-refractivity contribution in [3.8, 4) is 0 Å². The van der Waals surface area contributed by atoms with Crippen LogP contribution in [-0.2, 0) is 28.4 Å². The molecule has 0 aromatic carbocycles. The average molecular weight is 328 g/mol. The highest BCUT2D eigenvalue weighted by Crippen LogP contribution is 2.41. The maximum Gasteiger partial charge on any atom is 0.211 e. The Morgan fingerprint density at radius 2 is 2.36 bits per heavy atom. The molecule has 2 atom stereocenters. The van der Waals surface area contributed by atoms with Crippen LogP contribution in [0.15, 0.2) is 12.4 Å². The summed E-state index contributed by atoms with van der Waals surface area (Å²) in [6.07, 6.45) is 3.91. The first-order chi connectivity index (χ1) is 10.4. The minimum Gasteiger partial charge on any atom is -0.380 e. The summed E-state index contributed by atoms with van der Waals surface area (Å²) in [5.41, 5.74) is 1.09. The van der Waals surface area contributed by atoms with Gasteiger partial charge in [0, 0.05) is 56.3 Å². The Morgan fingerprint density at radius 1 is 1.55 bits per heavy atom. The lowest BCUT2D eigenvalue weighted by molar-refractivity contribution is 0.128. The third-order valence-corrected chi connectivity index (χ3v) is 6.12. The number of aryl methyl sites for hydroxylation is 1. The Bertz CT molecular complexity index is 630. The second kappa shape index (κ2) is 5.92. The second-order valence-electron chi connectivity index (χ2n) is 6.49. The monoisotopic (exact) mass is 328 g/mol. The van der Waals surface area contributed by atoms with E-state index in [9.17, 15) is 8.42 Å². The molecule has 22 heavy (non-hydrogen) atoms. The molecule has 3 rings (SSSR count). The van der Waals surface area contributed by atoms with Crippen LogP contribution in [0.25, 0.3) is 0 Å². The van der Waals surface area contributed by atoms with Crippen LogP contribution in [0.1, 0.15) is 12.5 Å². The van der Waals surface area contributed by atoms with Crippen molar-refractivity contribution in [2.75, 3.05) is 38.6 Å². The number of hydrogen-bond donors (Lipinski definition) is 1. The fourth-order valence-electron chi connectivity index (χ4n) is 3.48. The summed E-state index contributed by atoms with van der Waals surface area (Å²) in [7, 11) is -1.25. The van der Waals surface area contributed by atoms with Gasteiger partial charge in [0.15, 0.2) is 0 Å². The second-order valence-corrected chi connectivity index (χ2v) is 8.59. The largest absolute Gasteiger partial charge is 0.380 e. The maximum atomic E-state index is 11.7. The van der Waals surface area contributed by atoms with Crippen LogP contribution in [0.3, 0.4) is 0 Å². The average Bonchev–Trinajstić information content (AvgIpc) is 3.12. The van der Waals surface area contributed by atoms with Gasteiger partial charge in [-0.2, -0.15) is 5.10 Å². The Balaban J connectivity index is 1.66. The third kappa shape index (κ3) is 3.19. The van der Waals surface area contributed by atoms with Gasteiger partial charge >= 0.3 is 0 Å². The van der Waals surface area contributed by atoms with E-state index in [1.807, 2.05) is 19.4 Å². The minimum atomic E-state index is -3.16. The van der Waals surface area contributed by atoms with Gasteiger partial charge in [0.25, 0.3) is 0 Å².